The molecule has 0 aromatic heterocycles. The SMILES string of the molecule is COCCC(C)(O)CNC(=O)c1ccc(O)c(O)c1. The maximum absolute atomic E-state index is 11.8. The number of phenols is 2. The predicted molar refractivity (Wildman–Crippen MR) is 69.2 cm³/mol. The Hall–Kier alpha value is -1.79. The number of nitrogens with one attached hydrogen (secondary N) is 1. The van der Waals surface area contributed by atoms with Crippen molar-refractivity contribution in [1.82, 2.24) is 5.32 Å². The lowest BCUT2D eigenvalue weighted by atomic mass is 10.0. The summed E-state index contributed by atoms with van der Waals surface area (Å²) in [4.78, 5) is 11.8. The van der Waals surface area contributed by atoms with E-state index in [2.05, 4.69) is 5.32 Å². The number of benzene rings is 1. The summed E-state index contributed by atoms with van der Waals surface area (Å²) in [6.45, 7) is 2.06. The summed E-state index contributed by atoms with van der Waals surface area (Å²) in [5, 5.41) is 31.0. The zero-order valence-corrected chi connectivity index (χ0v) is 11.0. The first-order chi connectivity index (χ1) is 8.85. The number of aromatic hydroxyl groups is 2. The van der Waals surface area contributed by atoms with Gasteiger partial charge in [0.25, 0.3) is 5.91 Å². The fourth-order valence-electron chi connectivity index (χ4n) is 1.45. The molecule has 1 amide bonds. The first-order valence-electron chi connectivity index (χ1n) is 5.87. The lowest BCUT2D eigenvalue weighted by Crippen LogP contribution is -2.41. The van der Waals surface area contributed by atoms with E-state index in [1.807, 2.05) is 0 Å². The van der Waals surface area contributed by atoms with Crippen molar-refractivity contribution in [2.75, 3.05) is 20.3 Å². The van der Waals surface area contributed by atoms with Gasteiger partial charge in [-0.05, 0) is 25.1 Å². The molecule has 4 N–H and O–H groups in total. The topological polar surface area (TPSA) is 99.0 Å². The molecule has 0 heterocycles. The molecule has 106 valence electrons. The number of ether oxygens (including phenoxy) is 1. The molecular weight excluding hydrogens is 250 g/mol. The van der Waals surface area contributed by atoms with E-state index in [0.717, 1.165) is 6.07 Å². The van der Waals surface area contributed by atoms with Gasteiger partial charge in [0.2, 0.25) is 0 Å². The molecule has 6 heteroatoms. The highest BCUT2D eigenvalue weighted by atomic mass is 16.5. The number of hydrogen-bond acceptors (Lipinski definition) is 5. The van der Waals surface area contributed by atoms with Crippen LogP contribution in [0.4, 0.5) is 0 Å². The monoisotopic (exact) mass is 269 g/mol. The van der Waals surface area contributed by atoms with Crippen LogP contribution in [0.1, 0.15) is 23.7 Å². The van der Waals surface area contributed by atoms with E-state index < -0.39 is 11.5 Å². The number of phenolic OH excluding ortho intramolecular Hbond substituents is 2. The lowest BCUT2D eigenvalue weighted by molar-refractivity contribution is 0.0243. The van der Waals surface area contributed by atoms with Crippen LogP contribution in [0.5, 0.6) is 11.5 Å². The van der Waals surface area contributed by atoms with Crippen molar-refractivity contribution in [2.24, 2.45) is 0 Å². The normalized spacial score (nSPS) is 13.8. The van der Waals surface area contributed by atoms with Crippen LogP contribution < -0.4 is 5.32 Å². The van der Waals surface area contributed by atoms with Crippen LogP contribution in [-0.4, -0.2) is 47.1 Å². The molecule has 0 spiro atoms. The first-order valence-corrected chi connectivity index (χ1v) is 5.87. The van der Waals surface area contributed by atoms with Crippen molar-refractivity contribution in [3.8, 4) is 11.5 Å². The molecule has 0 saturated heterocycles. The summed E-state index contributed by atoms with van der Waals surface area (Å²) in [5.41, 5.74) is -0.859. The zero-order valence-electron chi connectivity index (χ0n) is 11.0. The van der Waals surface area contributed by atoms with Crippen LogP contribution >= 0.6 is 0 Å². The average molecular weight is 269 g/mol. The van der Waals surface area contributed by atoms with Crippen molar-refractivity contribution < 1.29 is 24.9 Å². The van der Waals surface area contributed by atoms with Crippen LogP contribution in [-0.2, 0) is 4.74 Å². The Morgan fingerprint density at radius 2 is 2.05 bits per heavy atom. The second kappa shape index (κ2) is 6.40. The van der Waals surface area contributed by atoms with Gasteiger partial charge >= 0.3 is 0 Å². The Balaban J connectivity index is 2.57. The minimum Gasteiger partial charge on any atom is -0.504 e. The summed E-state index contributed by atoms with van der Waals surface area (Å²) in [5.74, 6) is -1.09. The minimum absolute atomic E-state index is 0.0663. The summed E-state index contributed by atoms with van der Waals surface area (Å²) < 4.78 is 4.86. The molecule has 0 aliphatic carbocycles. The van der Waals surface area contributed by atoms with Crippen LogP contribution in [0.2, 0.25) is 0 Å². The van der Waals surface area contributed by atoms with Crippen molar-refractivity contribution in [1.29, 1.82) is 0 Å². The van der Waals surface area contributed by atoms with Crippen molar-refractivity contribution in [3.63, 3.8) is 0 Å². The van der Waals surface area contributed by atoms with Gasteiger partial charge in [0.15, 0.2) is 11.5 Å². The predicted octanol–water partition coefficient (Wildman–Crippen LogP) is 0.615. The maximum Gasteiger partial charge on any atom is 0.251 e. The van der Waals surface area contributed by atoms with E-state index in [1.165, 1.54) is 19.2 Å². The minimum atomic E-state index is -1.06. The second-order valence-electron chi connectivity index (χ2n) is 4.63. The van der Waals surface area contributed by atoms with Gasteiger partial charge in [-0.25, -0.2) is 0 Å². The van der Waals surface area contributed by atoms with Crippen molar-refractivity contribution >= 4 is 5.91 Å². The molecule has 0 aliphatic rings. The summed E-state index contributed by atoms with van der Waals surface area (Å²) >= 11 is 0. The highest BCUT2D eigenvalue weighted by molar-refractivity contribution is 5.94. The Labute approximate surface area is 111 Å². The molecule has 1 aromatic carbocycles. The summed E-state index contributed by atoms with van der Waals surface area (Å²) in [6, 6.07) is 3.77. The van der Waals surface area contributed by atoms with E-state index in [4.69, 9.17) is 9.84 Å². The van der Waals surface area contributed by atoms with Gasteiger partial charge in [0.05, 0.1) is 5.60 Å². The Kier molecular flexibility index (Phi) is 5.14. The molecular formula is C13H19NO5. The van der Waals surface area contributed by atoms with Gasteiger partial charge in [0, 0.05) is 32.2 Å². The average Bonchev–Trinajstić information content (AvgIpc) is 2.37. The number of aliphatic hydroxyl groups is 1. The van der Waals surface area contributed by atoms with Gasteiger partial charge in [-0.15, -0.1) is 0 Å². The highest BCUT2D eigenvalue weighted by Gasteiger charge is 2.21. The fraction of sp³-hybridized carbons (Fsp3) is 0.462. The molecule has 0 radical (unpaired) electrons. The smallest absolute Gasteiger partial charge is 0.251 e. The number of methoxy groups -OCH3 is 1. The fourth-order valence-corrected chi connectivity index (χ4v) is 1.45. The van der Waals surface area contributed by atoms with Gasteiger partial charge in [-0.3, -0.25) is 4.79 Å². The number of rotatable bonds is 6. The molecule has 1 aromatic rings. The van der Waals surface area contributed by atoms with Crippen LogP contribution in [0, 0.1) is 0 Å². The third-order valence-electron chi connectivity index (χ3n) is 2.71. The third-order valence-corrected chi connectivity index (χ3v) is 2.71. The van der Waals surface area contributed by atoms with E-state index in [9.17, 15) is 15.0 Å². The van der Waals surface area contributed by atoms with E-state index in [0.29, 0.717) is 13.0 Å². The molecule has 0 aliphatic heterocycles. The number of amides is 1. The van der Waals surface area contributed by atoms with E-state index >= 15 is 0 Å². The molecule has 0 bridgehead atoms. The zero-order chi connectivity index (χ0) is 14.5. The number of carbonyl (C=O) groups is 1. The Bertz CT molecular complexity index is 445. The molecule has 0 fully saturated rings. The quantitative estimate of drug-likeness (QED) is 0.567. The molecule has 0 saturated carbocycles. The largest absolute Gasteiger partial charge is 0.504 e. The molecule has 1 atom stereocenters. The van der Waals surface area contributed by atoms with Crippen molar-refractivity contribution in [2.45, 2.75) is 18.9 Å². The number of hydrogen-bond donors (Lipinski definition) is 4. The van der Waals surface area contributed by atoms with Crippen LogP contribution in [0.25, 0.3) is 0 Å². The van der Waals surface area contributed by atoms with E-state index in [-0.39, 0.29) is 23.6 Å². The maximum atomic E-state index is 11.8. The van der Waals surface area contributed by atoms with Gasteiger partial charge in [-0.2, -0.15) is 0 Å². The van der Waals surface area contributed by atoms with Gasteiger partial charge in [0.1, 0.15) is 0 Å². The number of carbonyl (C=O) groups excluding carboxylic acids is 1. The molecule has 1 rings (SSSR count). The summed E-state index contributed by atoms with van der Waals surface area (Å²) in [6.07, 6.45) is 0.393. The van der Waals surface area contributed by atoms with Gasteiger partial charge < -0.3 is 25.4 Å². The van der Waals surface area contributed by atoms with E-state index in [1.54, 1.807) is 6.92 Å². The molecule has 6 nitrogen and oxygen atoms in total. The first kappa shape index (κ1) is 15.3. The van der Waals surface area contributed by atoms with Gasteiger partial charge in [-0.1, -0.05) is 0 Å². The molecule has 1 unspecified atom stereocenters. The summed E-state index contributed by atoms with van der Waals surface area (Å²) in [7, 11) is 1.54. The lowest BCUT2D eigenvalue weighted by Gasteiger charge is -2.23. The Morgan fingerprint density at radius 1 is 1.37 bits per heavy atom. The standard InChI is InChI=1S/C13H19NO5/c1-13(18,5-6-19-2)8-14-12(17)9-3-4-10(15)11(16)7-9/h3-4,7,15-16,18H,5-6,8H2,1-2H3,(H,14,17). The second-order valence-corrected chi connectivity index (χ2v) is 4.63. The van der Waals surface area contributed by atoms with Crippen LogP contribution in [0.3, 0.4) is 0 Å². The highest BCUT2D eigenvalue weighted by Crippen LogP contribution is 2.24. The third kappa shape index (κ3) is 4.76. The Morgan fingerprint density at radius 3 is 2.63 bits per heavy atom. The van der Waals surface area contributed by atoms with Crippen molar-refractivity contribution in [3.05, 3.63) is 23.8 Å². The molecule has 19 heavy (non-hydrogen) atoms. The van der Waals surface area contributed by atoms with Crippen LogP contribution in [0.15, 0.2) is 18.2 Å².